The Bertz CT molecular complexity index is 331. The molecule has 1 aromatic rings. The molecule has 15 heavy (non-hydrogen) atoms. The van der Waals surface area contributed by atoms with Crippen LogP contribution in [0.5, 0.6) is 0 Å². The van der Waals surface area contributed by atoms with Gasteiger partial charge in [0.25, 0.3) is 6.43 Å². The lowest BCUT2D eigenvalue weighted by Gasteiger charge is -2.09. The molecule has 1 rings (SSSR count). The molecular formula is C12H14F2O. The van der Waals surface area contributed by atoms with Crippen LogP contribution in [0.4, 0.5) is 8.78 Å². The van der Waals surface area contributed by atoms with Crippen LogP contribution in [0.2, 0.25) is 0 Å². The average Bonchev–Trinajstić information content (AvgIpc) is 2.26. The minimum absolute atomic E-state index is 0.0265. The molecule has 1 nitrogen and oxygen atoms in total. The van der Waals surface area contributed by atoms with Crippen LogP contribution in [0, 0.1) is 0 Å². The first-order valence-electron chi connectivity index (χ1n) is 4.76. The van der Waals surface area contributed by atoms with Crippen LogP contribution in [0.25, 0.3) is 0 Å². The van der Waals surface area contributed by atoms with Crippen LogP contribution in [-0.2, 0) is 6.42 Å². The summed E-state index contributed by atoms with van der Waals surface area (Å²) in [7, 11) is 0. The van der Waals surface area contributed by atoms with Gasteiger partial charge in [0.1, 0.15) is 0 Å². The van der Waals surface area contributed by atoms with Crippen LogP contribution in [-0.4, -0.2) is 18.1 Å². The molecule has 0 amide bonds. The van der Waals surface area contributed by atoms with E-state index in [2.05, 4.69) is 0 Å². The van der Waals surface area contributed by atoms with Gasteiger partial charge < -0.3 is 5.11 Å². The summed E-state index contributed by atoms with van der Waals surface area (Å²) in [6.07, 6.45) is -2.11. The molecule has 1 aromatic carbocycles. The second kappa shape index (κ2) is 5.61. The molecule has 0 aromatic heterocycles. The van der Waals surface area contributed by atoms with Gasteiger partial charge in [-0.2, -0.15) is 0 Å². The highest BCUT2D eigenvalue weighted by molar-refractivity contribution is 5.25. The molecule has 0 spiro atoms. The molecule has 1 N–H and O–H groups in total. The van der Waals surface area contributed by atoms with E-state index in [4.69, 9.17) is 5.11 Å². The Labute approximate surface area is 88.1 Å². The van der Waals surface area contributed by atoms with Crippen LogP contribution < -0.4 is 0 Å². The van der Waals surface area contributed by atoms with Gasteiger partial charge in [0.15, 0.2) is 0 Å². The molecule has 3 heteroatoms. The van der Waals surface area contributed by atoms with Crippen LogP contribution in [0.3, 0.4) is 0 Å². The fourth-order valence-electron chi connectivity index (χ4n) is 1.32. The monoisotopic (exact) mass is 212 g/mol. The third-order valence-electron chi connectivity index (χ3n) is 2.34. The molecule has 0 aliphatic heterocycles. The first kappa shape index (κ1) is 11.9. The Morgan fingerprint density at radius 3 is 2.33 bits per heavy atom. The van der Waals surface area contributed by atoms with Gasteiger partial charge in [0, 0.05) is 0 Å². The Balaban J connectivity index is 2.83. The lowest BCUT2D eigenvalue weighted by molar-refractivity contribution is 0.185. The first-order valence-corrected chi connectivity index (χ1v) is 4.76. The topological polar surface area (TPSA) is 20.2 Å². The van der Waals surface area contributed by atoms with E-state index in [9.17, 15) is 8.78 Å². The summed E-state index contributed by atoms with van der Waals surface area (Å²) >= 11 is 0. The van der Waals surface area contributed by atoms with E-state index in [1.54, 1.807) is 0 Å². The minimum atomic E-state index is -2.49. The van der Waals surface area contributed by atoms with E-state index in [1.807, 2.05) is 30.3 Å². The standard InChI is InChI=1S/C12H14F2O/c1-9(12(13)14)11(8-15)7-10-5-3-2-4-6-10/h2-6,12,15H,7-8H2,1H3/b11-9-. The van der Waals surface area contributed by atoms with E-state index in [1.165, 1.54) is 6.92 Å². The van der Waals surface area contributed by atoms with Crippen molar-refractivity contribution in [1.82, 2.24) is 0 Å². The number of halogens is 2. The molecule has 0 unspecified atom stereocenters. The normalized spacial score (nSPS) is 12.9. The Kier molecular flexibility index (Phi) is 4.43. The summed E-state index contributed by atoms with van der Waals surface area (Å²) in [5.41, 5.74) is 1.30. The number of rotatable bonds is 4. The summed E-state index contributed by atoms with van der Waals surface area (Å²) in [5, 5.41) is 9.02. The summed E-state index contributed by atoms with van der Waals surface area (Å²) in [4.78, 5) is 0. The van der Waals surface area contributed by atoms with Crippen molar-refractivity contribution in [2.24, 2.45) is 0 Å². The highest BCUT2D eigenvalue weighted by Crippen LogP contribution is 2.17. The lowest BCUT2D eigenvalue weighted by atomic mass is 10.0. The molecule has 0 heterocycles. The SMILES string of the molecule is C/C(=C(/CO)Cc1ccccc1)C(F)F. The van der Waals surface area contributed by atoms with E-state index in [-0.39, 0.29) is 12.2 Å². The van der Waals surface area contributed by atoms with Gasteiger partial charge in [0.05, 0.1) is 6.61 Å². The summed E-state index contributed by atoms with van der Waals surface area (Å²) < 4.78 is 24.8. The van der Waals surface area contributed by atoms with Gasteiger partial charge in [0.2, 0.25) is 0 Å². The smallest absolute Gasteiger partial charge is 0.259 e. The zero-order valence-corrected chi connectivity index (χ0v) is 8.58. The first-order chi connectivity index (χ1) is 7.15. The summed E-state index contributed by atoms with van der Waals surface area (Å²) in [5.74, 6) is 0. The fraction of sp³-hybridized carbons (Fsp3) is 0.333. The maximum Gasteiger partial charge on any atom is 0.259 e. The molecule has 0 radical (unpaired) electrons. The van der Waals surface area contributed by atoms with E-state index in [0.717, 1.165) is 5.56 Å². The quantitative estimate of drug-likeness (QED) is 0.761. The number of alkyl halides is 2. The number of aliphatic hydroxyl groups is 1. The highest BCUT2D eigenvalue weighted by atomic mass is 19.3. The van der Waals surface area contributed by atoms with Crippen molar-refractivity contribution in [2.45, 2.75) is 19.8 Å². The average molecular weight is 212 g/mol. The van der Waals surface area contributed by atoms with E-state index >= 15 is 0 Å². The Hall–Kier alpha value is -1.22. The molecule has 0 saturated carbocycles. The van der Waals surface area contributed by atoms with Crippen LogP contribution >= 0.6 is 0 Å². The maximum absolute atomic E-state index is 12.4. The zero-order chi connectivity index (χ0) is 11.3. The Morgan fingerprint density at radius 1 is 1.27 bits per heavy atom. The number of allylic oxidation sites excluding steroid dienone is 1. The van der Waals surface area contributed by atoms with E-state index < -0.39 is 6.43 Å². The van der Waals surface area contributed by atoms with Gasteiger partial charge in [-0.05, 0) is 30.1 Å². The number of hydrogen-bond donors (Lipinski definition) is 1. The second-order valence-electron chi connectivity index (χ2n) is 3.41. The molecule has 0 bridgehead atoms. The van der Waals surface area contributed by atoms with Crippen molar-refractivity contribution in [3.63, 3.8) is 0 Å². The highest BCUT2D eigenvalue weighted by Gasteiger charge is 2.11. The predicted molar refractivity (Wildman–Crippen MR) is 55.9 cm³/mol. The predicted octanol–water partition coefficient (Wildman–Crippen LogP) is 2.80. The minimum Gasteiger partial charge on any atom is -0.392 e. The largest absolute Gasteiger partial charge is 0.392 e. The third kappa shape index (κ3) is 3.44. The van der Waals surface area contributed by atoms with Gasteiger partial charge in [-0.1, -0.05) is 30.3 Å². The number of hydrogen-bond acceptors (Lipinski definition) is 1. The molecule has 82 valence electrons. The maximum atomic E-state index is 12.4. The Morgan fingerprint density at radius 2 is 1.87 bits per heavy atom. The van der Waals surface area contributed by atoms with Gasteiger partial charge >= 0.3 is 0 Å². The molecule has 0 aliphatic carbocycles. The van der Waals surface area contributed by atoms with Crippen molar-refractivity contribution in [3.05, 3.63) is 47.0 Å². The summed E-state index contributed by atoms with van der Waals surface area (Å²) in [6.45, 7) is 1.05. The third-order valence-corrected chi connectivity index (χ3v) is 2.34. The van der Waals surface area contributed by atoms with Crippen molar-refractivity contribution in [1.29, 1.82) is 0 Å². The zero-order valence-electron chi connectivity index (χ0n) is 8.58. The number of benzene rings is 1. The van der Waals surface area contributed by atoms with Crippen molar-refractivity contribution in [2.75, 3.05) is 6.61 Å². The van der Waals surface area contributed by atoms with Gasteiger partial charge in [-0.15, -0.1) is 0 Å². The lowest BCUT2D eigenvalue weighted by Crippen LogP contribution is -2.05. The summed E-state index contributed by atoms with van der Waals surface area (Å²) in [6, 6.07) is 9.28. The number of aliphatic hydroxyl groups excluding tert-OH is 1. The van der Waals surface area contributed by atoms with Crippen molar-refractivity contribution >= 4 is 0 Å². The molecule has 0 fully saturated rings. The van der Waals surface area contributed by atoms with Gasteiger partial charge in [-0.3, -0.25) is 0 Å². The van der Waals surface area contributed by atoms with E-state index in [0.29, 0.717) is 12.0 Å². The van der Waals surface area contributed by atoms with Gasteiger partial charge in [-0.25, -0.2) is 8.78 Å². The fourth-order valence-corrected chi connectivity index (χ4v) is 1.32. The molecule has 0 aliphatic rings. The molecule has 0 saturated heterocycles. The molecular weight excluding hydrogens is 198 g/mol. The van der Waals surface area contributed by atoms with Crippen molar-refractivity contribution in [3.8, 4) is 0 Å². The van der Waals surface area contributed by atoms with Crippen molar-refractivity contribution < 1.29 is 13.9 Å². The second-order valence-corrected chi connectivity index (χ2v) is 3.41. The van der Waals surface area contributed by atoms with Crippen LogP contribution in [0.1, 0.15) is 12.5 Å². The van der Waals surface area contributed by atoms with Crippen LogP contribution in [0.15, 0.2) is 41.5 Å². The molecule has 0 atom stereocenters.